The Morgan fingerprint density at radius 1 is 0.976 bits per heavy atom. The molecule has 2 amide bonds. The number of amides is 2. The third-order valence-corrected chi connectivity index (χ3v) is 7.58. The van der Waals surface area contributed by atoms with E-state index in [0.29, 0.717) is 27.3 Å². The number of hydrogen-bond acceptors (Lipinski definition) is 8. The predicted octanol–water partition coefficient (Wildman–Crippen LogP) is 5.59. The van der Waals surface area contributed by atoms with Gasteiger partial charge < -0.3 is 24.6 Å². The van der Waals surface area contributed by atoms with Crippen LogP contribution in [-0.2, 0) is 9.59 Å². The van der Waals surface area contributed by atoms with Gasteiger partial charge >= 0.3 is 5.97 Å². The van der Waals surface area contributed by atoms with Crippen LogP contribution in [0.15, 0.2) is 53.4 Å². The Morgan fingerprint density at radius 3 is 2.24 bits per heavy atom. The van der Waals surface area contributed by atoms with E-state index in [-0.39, 0.29) is 40.0 Å². The molecule has 0 aromatic heterocycles. The lowest BCUT2D eigenvalue weighted by molar-refractivity contribution is -0.122. The molecule has 0 radical (unpaired) electrons. The van der Waals surface area contributed by atoms with E-state index in [9.17, 15) is 28.3 Å². The Labute approximate surface area is 249 Å². The Kier molecular flexibility index (Phi) is 9.43. The van der Waals surface area contributed by atoms with Crippen LogP contribution in [0, 0.1) is 11.6 Å². The molecule has 1 saturated heterocycles. The van der Waals surface area contributed by atoms with E-state index in [1.54, 1.807) is 24.3 Å². The largest absolute Gasteiger partial charge is 0.496 e. The Bertz CT molecular complexity index is 1600. The SMILES string of the molecule is COc1ccc(/C=C2\SC(=S)N(CCC(=O)Nc3c(OC)cc(C(=O)O)cc3OC)C2=O)cc1-c1ccc(F)c(F)c1. The van der Waals surface area contributed by atoms with Gasteiger partial charge in [-0.3, -0.25) is 14.5 Å². The number of methoxy groups -OCH3 is 3. The second-order valence-corrected chi connectivity index (χ2v) is 10.5. The molecule has 42 heavy (non-hydrogen) atoms. The van der Waals surface area contributed by atoms with Gasteiger partial charge in [0.25, 0.3) is 5.91 Å². The number of rotatable bonds is 10. The fraction of sp³-hybridized carbons (Fsp3) is 0.172. The van der Waals surface area contributed by atoms with E-state index >= 15 is 0 Å². The second-order valence-electron chi connectivity index (χ2n) is 8.78. The number of carbonyl (C=O) groups is 3. The number of thiocarbonyl (C=S) groups is 1. The number of benzene rings is 3. The van der Waals surface area contributed by atoms with Crippen molar-refractivity contribution in [2.75, 3.05) is 33.2 Å². The molecule has 3 aromatic rings. The van der Waals surface area contributed by atoms with Gasteiger partial charge in [-0.1, -0.05) is 36.1 Å². The second kappa shape index (κ2) is 13.0. The highest BCUT2D eigenvalue weighted by Crippen LogP contribution is 2.38. The molecule has 218 valence electrons. The number of aromatic carboxylic acids is 1. The molecule has 3 aromatic carbocycles. The summed E-state index contributed by atoms with van der Waals surface area (Å²) in [5, 5.41) is 11.9. The van der Waals surface area contributed by atoms with Gasteiger partial charge in [0.2, 0.25) is 5.91 Å². The van der Waals surface area contributed by atoms with Crippen LogP contribution in [0.2, 0.25) is 0 Å². The van der Waals surface area contributed by atoms with Crippen LogP contribution in [0.5, 0.6) is 17.2 Å². The summed E-state index contributed by atoms with van der Waals surface area (Å²) in [6.07, 6.45) is 1.48. The van der Waals surface area contributed by atoms with E-state index in [2.05, 4.69) is 5.32 Å². The lowest BCUT2D eigenvalue weighted by Gasteiger charge is -2.17. The maximum absolute atomic E-state index is 13.9. The fourth-order valence-corrected chi connectivity index (χ4v) is 5.43. The third kappa shape index (κ3) is 6.52. The van der Waals surface area contributed by atoms with Gasteiger partial charge in [0, 0.05) is 18.5 Å². The van der Waals surface area contributed by atoms with Crippen LogP contribution in [0.1, 0.15) is 22.3 Å². The summed E-state index contributed by atoms with van der Waals surface area (Å²) in [5.41, 5.74) is 1.55. The number of carboxylic acids is 1. The van der Waals surface area contributed by atoms with Crippen molar-refractivity contribution in [2.24, 2.45) is 0 Å². The average Bonchev–Trinajstić information content (AvgIpc) is 3.24. The number of thioether (sulfide) groups is 1. The zero-order valence-electron chi connectivity index (χ0n) is 22.5. The van der Waals surface area contributed by atoms with Crippen molar-refractivity contribution in [3.05, 3.63) is 76.2 Å². The van der Waals surface area contributed by atoms with E-state index < -0.39 is 29.4 Å². The molecule has 0 spiro atoms. The van der Waals surface area contributed by atoms with E-state index in [1.807, 2.05) is 0 Å². The van der Waals surface area contributed by atoms with Crippen LogP contribution in [-0.4, -0.2) is 60.0 Å². The zero-order valence-corrected chi connectivity index (χ0v) is 24.2. The number of halogens is 2. The molecule has 13 heteroatoms. The maximum atomic E-state index is 13.9. The molecule has 1 heterocycles. The molecule has 1 aliphatic rings. The Morgan fingerprint density at radius 2 is 1.64 bits per heavy atom. The highest BCUT2D eigenvalue weighted by atomic mass is 32.2. The standard InChI is InChI=1S/C29H24F2N2O7S2/c1-38-21-7-4-15(10-18(21)16-5-6-19(30)20(31)12-16)11-24-27(35)33(29(41)42-24)9-8-25(34)32-26-22(39-2)13-17(28(36)37)14-23(26)40-3/h4-7,10-14H,8-9H2,1-3H3,(H,32,34)(H,36,37)/b24-11-. The minimum atomic E-state index is -1.19. The smallest absolute Gasteiger partial charge is 0.335 e. The molecule has 1 fully saturated rings. The summed E-state index contributed by atoms with van der Waals surface area (Å²) in [5.74, 6) is -3.43. The number of ether oxygens (including phenoxy) is 3. The van der Waals surface area contributed by atoms with E-state index in [0.717, 1.165) is 23.9 Å². The van der Waals surface area contributed by atoms with Crippen LogP contribution in [0.4, 0.5) is 14.5 Å². The summed E-state index contributed by atoms with van der Waals surface area (Å²) < 4.78 is 43.4. The number of hydrogen-bond donors (Lipinski definition) is 2. The molecule has 0 bridgehead atoms. The molecule has 1 aliphatic heterocycles. The van der Waals surface area contributed by atoms with Crippen molar-refractivity contribution in [3.63, 3.8) is 0 Å². The number of nitrogens with zero attached hydrogens (tertiary/aromatic N) is 1. The lowest BCUT2D eigenvalue weighted by Crippen LogP contribution is -2.31. The summed E-state index contributed by atoms with van der Waals surface area (Å²) in [6, 6.07) is 11.1. The normalized spacial score (nSPS) is 13.8. The first-order valence-electron chi connectivity index (χ1n) is 12.2. The molecular formula is C29H24F2N2O7S2. The first-order valence-corrected chi connectivity index (χ1v) is 13.5. The van der Waals surface area contributed by atoms with Gasteiger partial charge in [-0.05, 0) is 53.6 Å². The minimum absolute atomic E-state index is 0.0194. The van der Waals surface area contributed by atoms with Gasteiger partial charge in [-0.15, -0.1) is 0 Å². The molecule has 0 unspecified atom stereocenters. The minimum Gasteiger partial charge on any atom is -0.496 e. The number of carboxylic acid groups (broad SMARTS) is 1. The summed E-state index contributed by atoms with van der Waals surface area (Å²) in [6.45, 7) is -0.0194. The molecule has 9 nitrogen and oxygen atoms in total. The highest BCUT2D eigenvalue weighted by molar-refractivity contribution is 8.26. The highest BCUT2D eigenvalue weighted by Gasteiger charge is 2.32. The predicted molar refractivity (Wildman–Crippen MR) is 158 cm³/mol. The van der Waals surface area contributed by atoms with E-state index in [4.69, 9.17) is 26.4 Å². The first kappa shape index (κ1) is 30.5. The lowest BCUT2D eigenvalue weighted by atomic mass is 10.0. The monoisotopic (exact) mass is 614 g/mol. The molecule has 4 rings (SSSR count). The van der Waals surface area contributed by atoms with Crippen molar-refractivity contribution in [3.8, 4) is 28.4 Å². The number of carbonyl (C=O) groups excluding carboxylic acids is 2. The van der Waals surface area contributed by atoms with Crippen molar-refractivity contribution in [1.29, 1.82) is 0 Å². The number of anilines is 1. The fourth-order valence-electron chi connectivity index (χ4n) is 4.12. The third-order valence-electron chi connectivity index (χ3n) is 6.21. The van der Waals surface area contributed by atoms with Gasteiger partial charge in [0.05, 0.1) is 31.8 Å². The quantitative estimate of drug-likeness (QED) is 0.223. The molecule has 0 aliphatic carbocycles. The van der Waals surface area contributed by atoms with Gasteiger partial charge in [-0.2, -0.15) is 0 Å². The van der Waals surface area contributed by atoms with Crippen molar-refractivity contribution >= 4 is 57.8 Å². The summed E-state index contributed by atoms with van der Waals surface area (Å²) in [4.78, 5) is 38.9. The van der Waals surface area contributed by atoms with Crippen molar-refractivity contribution in [2.45, 2.75) is 6.42 Å². The van der Waals surface area contributed by atoms with Gasteiger partial charge in [0.1, 0.15) is 27.3 Å². The molecular weight excluding hydrogens is 590 g/mol. The van der Waals surface area contributed by atoms with Crippen LogP contribution in [0.3, 0.4) is 0 Å². The Hall–Kier alpha value is -4.49. The van der Waals surface area contributed by atoms with Crippen LogP contribution < -0.4 is 19.5 Å². The first-order chi connectivity index (χ1) is 20.1. The zero-order chi connectivity index (χ0) is 30.6. The summed E-state index contributed by atoms with van der Waals surface area (Å²) >= 11 is 6.45. The van der Waals surface area contributed by atoms with Gasteiger partial charge in [-0.25, -0.2) is 13.6 Å². The topological polar surface area (TPSA) is 114 Å². The Balaban J connectivity index is 1.49. The maximum Gasteiger partial charge on any atom is 0.335 e. The van der Waals surface area contributed by atoms with Crippen molar-refractivity contribution < 1.29 is 42.5 Å². The summed E-state index contributed by atoms with van der Waals surface area (Å²) in [7, 11) is 4.11. The molecule has 0 atom stereocenters. The molecule has 2 N–H and O–H groups in total. The number of nitrogens with one attached hydrogen (secondary N) is 1. The average molecular weight is 615 g/mol. The van der Waals surface area contributed by atoms with Crippen LogP contribution >= 0.6 is 24.0 Å². The van der Waals surface area contributed by atoms with Gasteiger partial charge in [0.15, 0.2) is 11.6 Å². The van der Waals surface area contributed by atoms with E-state index in [1.165, 1.54) is 44.4 Å². The molecule has 0 saturated carbocycles. The van der Waals surface area contributed by atoms with Crippen LogP contribution in [0.25, 0.3) is 17.2 Å². The van der Waals surface area contributed by atoms with Crippen molar-refractivity contribution in [1.82, 2.24) is 4.90 Å².